The van der Waals surface area contributed by atoms with Gasteiger partial charge in [0, 0.05) is 31.3 Å². The van der Waals surface area contributed by atoms with E-state index in [0.717, 1.165) is 0 Å². The van der Waals surface area contributed by atoms with Crippen LogP contribution in [-0.4, -0.2) is 26.2 Å². The van der Waals surface area contributed by atoms with Crippen molar-refractivity contribution in [3.8, 4) is 11.5 Å². The number of methoxy groups -OCH3 is 2. The molecule has 0 saturated carbocycles. The van der Waals surface area contributed by atoms with Crippen molar-refractivity contribution in [2.24, 2.45) is 20.5 Å². The summed E-state index contributed by atoms with van der Waals surface area (Å²) in [7, 11) is 4.56. The zero-order valence-electron chi connectivity index (χ0n) is 13.3. The summed E-state index contributed by atoms with van der Waals surface area (Å²) in [6, 6.07) is 8.98. The van der Waals surface area contributed by atoms with E-state index in [0.29, 0.717) is 28.6 Å². The Balaban J connectivity index is 2.35. The summed E-state index contributed by atoms with van der Waals surface area (Å²) in [5.74, 6) is 0.919. The van der Waals surface area contributed by atoms with Gasteiger partial charge in [-0.05, 0) is 12.1 Å². The first-order chi connectivity index (χ1) is 11.6. The molecule has 0 N–H and O–H groups in total. The number of azo groups is 2. The molecule has 0 bridgehead atoms. The molecule has 24 heavy (non-hydrogen) atoms. The number of benzene rings is 2. The lowest BCUT2D eigenvalue weighted by molar-refractivity contribution is -0.384. The van der Waals surface area contributed by atoms with Crippen molar-refractivity contribution < 1.29 is 14.4 Å². The molecule has 0 saturated heterocycles. The highest BCUT2D eigenvalue weighted by Gasteiger charge is 2.11. The molecular weight excluding hydrogens is 314 g/mol. The Hall–Kier alpha value is -3.36. The van der Waals surface area contributed by atoms with Gasteiger partial charge in [0.2, 0.25) is 0 Å². The van der Waals surface area contributed by atoms with E-state index >= 15 is 0 Å². The molecular formula is C15H15N5O4. The fraction of sp³-hybridized carbons (Fsp3) is 0.200. The van der Waals surface area contributed by atoms with Crippen molar-refractivity contribution in [2.75, 3.05) is 21.3 Å². The van der Waals surface area contributed by atoms with E-state index < -0.39 is 4.92 Å². The van der Waals surface area contributed by atoms with E-state index in [4.69, 9.17) is 9.47 Å². The molecule has 0 aliphatic rings. The number of nitrogens with zero attached hydrogens (tertiary/aromatic N) is 5. The van der Waals surface area contributed by atoms with Gasteiger partial charge in [-0.15, -0.1) is 5.11 Å². The number of nitro benzene ring substituents is 1. The molecule has 0 spiro atoms. The first kappa shape index (κ1) is 17.0. The third-order valence-electron chi connectivity index (χ3n) is 3.02. The van der Waals surface area contributed by atoms with Gasteiger partial charge in [0.05, 0.1) is 24.8 Å². The van der Waals surface area contributed by atoms with Gasteiger partial charge in [0.15, 0.2) is 0 Å². The maximum atomic E-state index is 10.6. The summed E-state index contributed by atoms with van der Waals surface area (Å²) >= 11 is 0. The van der Waals surface area contributed by atoms with Gasteiger partial charge in [-0.2, -0.15) is 15.3 Å². The van der Waals surface area contributed by atoms with E-state index in [-0.39, 0.29) is 5.69 Å². The Morgan fingerprint density at radius 1 is 0.917 bits per heavy atom. The highest BCUT2D eigenvalue weighted by atomic mass is 16.6. The molecule has 0 amide bonds. The maximum absolute atomic E-state index is 10.6. The zero-order chi connectivity index (χ0) is 17.5. The maximum Gasteiger partial charge on any atom is 0.269 e. The second kappa shape index (κ2) is 7.77. The summed E-state index contributed by atoms with van der Waals surface area (Å²) in [5, 5.41) is 26.5. The zero-order valence-corrected chi connectivity index (χ0v) is 13.3. The molecule has 0 fully saturated rings. The standard InChI is InChI=1S/C15H15N5O4/c1-16-18-12-8-15(24-3)13(9-14(12)23-2)19-17-10-4-6-11(7-5-10)20(21)22/h4-9H,1-3H3. The van der Waals surface area contributed by atoms with Gasteiger partial charge >= 0.3 is 0 Å². The molecule has 9 nitrogen and oxygen atoms in total. The number of hydrogen-bond acceptors (Lipinski definition) is 8. The van der Waals surface area contributed by atoms with E-state index in [9.17, 15) is 10.1 Å². The quantitative estimate of drug-likeness (QED) is 0.432. The summed E-state index contributed by atoms with van der Waals surface area (Å²) < 4.78 is 10.5. The molecule has 0 atom stereocenters. The topological polar surface area (TPSA) is 111 Å². The lowest BCUT2D eigenvalue weighted by atomic mass is 10.2. The summed E-state index contributed by atoms with van der Waals surface area (Å²) in [6.07, 6.45) is 0. The van der Waals surface area contributed by atoms with Crippen molar-refractivity contribution in [3.05, 3.63) is 46.5 Å². The SMILES string of the molecule is CN=Nc1cc(OC)c(N=Nc2ccc([N+](=O)[O-])cc2)cc1OC. The number of non-ortho nitro benzene ring substituents is 1. The molecule has 124 valence electrons. The van der Waals surface area contributed by atoms with Crippen molar-refractivity contribution in [2.45, 2.75) is 0 Å². The Bertz CT molecular complexity index is 787. The first-order valence-corrected chi connectivity index (χ1v) is 6.81. The number of ether oxygens (including phenoxy) is 2. The van der Waals surface area contributed by atoms with Crippen LogP contribution < -0.4 is 9.47 Å². The van der Waals surface area contributed by atoms with Crippen molar-refractivity contribution in [1.82, 2.24) is 0 Å². The van der Waals surface area contributed by atoms with Crippen molar-refractivity contribution in [3.63, 3.8) is 0 Å². The lowest BCUT2D eigenvalue weighted by Gasteiger charge is -2.08. The molecule has 2 rings (SSSR count). The fourth-order valence-electron chi connectivity index (χ4n) is 1.88. The fourth-order valence-corrected chi connectivity index (χ4v) is 1.88. The van der Waals surface area contributed by atoms with Gasteiger partial charge < -0.3 is 9.47 Å². The minimum atomic E-state index is -0.476. The molecule has 2 aromatic carbocycles. The summed E-state index contributed by atoms with van der Waals surface area (Å²) in [6.45, 7) is 0. The van der Waals surface area contributed by atoms with Crippen LogP contribution in [0.5, 0.6) is 11.5 Å². The molecule has 9 heteroatoms. The second-order valence-corrected chi connectivity index (χ2v) is 4.47. The van der Waals surface area contributed by atoms with Crippen LogP contribution in [-0.2, 0) is 0 Å². The first-order valence-electron chi connectivity index (χ1n) is 6.81. The van der Waals surface area contributed by atoms with Crippen molar-refractivity contribution in [1.29, 1.82) is 0 Å². The lowest BCUT2D eigenvalue weighted by Crippen LogP contribution is -1.87. The van der Waals surface area contributed by atoms with E-state index in [1.807, 2.05) is 0 Å². The molecule has 0 aromatic heterocycles. The Morgan fingerprint density at radius 3 is 1.92 bits per heavy atom. The summed E-state index contributed by atoms with van der Waals surface area (Å²) in [4.78, 5) is 10.2. The third-order valence-corrected chi connectivity index (χ3v) is 3.02. The van der Waals surface area contributed by atoms with Crippen LogP contribution in [0.25, 0.3) is 0 Å². The Labute approximate surface area is 137 Å². The highest BCUT2D eigenvalue weighted by Crippen LogP contribution is 2.40. The Morgan fingerprint density at radius 2 is 1.46 bits per heavy atom. The van der Waals surface area contributed by atoms with Crippen molar-refractivity contribution >= 4 is 22.7 Å². The largest absolute Gasteiger partial charge is 0.494 e. The van der Waals surface area contributed by atoms with Crippen LogP contribution in [0, 0.1) is 10.1 Å². The van der Waals surface area contributed by atoms with Crippen LogP contribution in [0.3, 0.4) is 0 Å². The predicted octanol–water partition coefficient (Wildman–Crippen LogP) is 4.74. The molecule has 0 radical (unpaired) electrons. The van der Waals surface area contributed by atoms with Crippen LogP contribution in [0.4, 0.5) is 22.7 Å². The number of nitro groups is 1. The van der Waals surface area contributed by atoms with Crippen LogP contribution in [0.15, 0.2) is 56.9 Å². The molecule has 0 unspecified atom stereocenters. The molecule has 0 heterocycles. The minimum absolute atomic E-state index is 0.0116. The van der Waals surface area contributed by atoms with Gasteiger partial charge in [0.25, 0.3) is 5.69 Å². The minimum Gasteiger partial charge on any atom is -0.494 e. The van der Waals surface area contributed by atoms with Gasteiger partial charge in [-0.25, -0.2) is 0 Å². The van der Waals surface area contributed by atoms with Gasteiger partial charge in [-0.3, -0.25) is 10.1 Å². The van der Waals surface area contributed by atoms with Crippen LogP contribution in [0.2, 0.25) is 0 Å². The average Bonchev–Trinajstić information content (AvgIpc) is 2.60. The van der Waals surface area contributed by atoms with Crippen LogP contribution in [0.1, 0.15) is 0 Å². The molecule has 0 aliphatic carbocycles. The van der Waals surface area contributed by atoms with E-state index in [2.05, 4.69) is 20.5 Å². The van der Waals surface area contributed by atoms with Crippen LogP contribution >= 0.6 is 0 Å². The number of hydrogen-bond donors (Lipinski definition) is 0. The van der Waals surface area contributed by atoms with Gasteiger partial charge in [0.1, 0.15) is 22.9 Å². The van der Waals surface area contributed by atoms with E-state index in [1.54, 1.807) is 19.2 Å². The monoisotopic (exact) mass is 329 g/mol. The third kappa shape index (κ3) is 3.88. The highest BCUT2D eigenvalue weighted by molar-refractivity contribution is 5.66. The van der Waals surface area contributed by atoms with Gasteiger partial charge in [-0.1, -0.05) is 0 Å². The predicted molar refractivity (Wildman–Crippen MR) is 87.3 cm³/mol. The normalized spacial score (nSPS) is 11.1. The smallest absolute Gasteiger partial charge is 0.269 e. The summed E-state index contributed by atoms with van der Waals surface area (Å²) in [5.41, 5.74) is 1.40. The number of rotatable bonds is 6. The second-order valence-electron chi connectivity index (χ2n) is 4.47. The van der Waals surface area contributed by atoms with E-state index in [1.165, 1.54) is 38.5 Å². The molecule has 2 aromatic rings. The average molecular weight is 329 g/mol. The molecule has 0 aliphatic heterocycles. The Kier molecular flexibility index (Phi) is 5.50.